The lowest BCUT2D eigenvalue weighted by Crippen LogP contribution is -1.99. The van der Waals surface area contributed by atoms with E-state index in [2.05, 4.69) is 0 Å². The maximum absolute atomic E-state index is 13.9. The molecule has 0 atom stereocenters. The Balaban J connectivity index is 1.86. The van der Waals surface area contributed by atoms with E-state index in [-0.39, 0.29) is 22.1 Å². The highest BCUT2D eigenvalue weighted by atomic mass is 35.5. The quantitative estimate of drug-likeness (QED) is 0.539. The minimum Gasteiger partial charge on any atom is -0.489 e. The van der Waals surface area contributed by atoms with Gasteiger partial charge < -0.3 is 9.47 Å². The molecule has 5 heteroatoms. The van der Waals surface area contributed by atoms with Crippen LogP contribution in [0.1, 0.15) is 29.8 Å². The summed E-state index contributed by atoms with van der Waals surface area (Å²) < 4.78 is 25.1. The number of halogens is 2. The van der Waals surface area contributed by atoms with E-state index in [4.69, 9.17) is 21.1 Å². The van der Waals surface area contributed by atoms with Crippen molar-refractivity contribution in [3.8, 4) is 11.5 Å². The van der Waals surface area contributed by atoms with Gasteiger partial charge in [-0.1, -0.05) is 23.2 Å². The maximum Gasteiger partial charge on any atom is 0.231 e. The highest BCUT2D eigenvalue weighted by Crippen LogP contribution is 2.35. The molecule has 0 fully saturated rings. The van der Waals surface area contributed by atoms with Crippen LogP contribution in [0, 0.1) is 5.82 Å². The Morgan fingerprint density at radius 1 is 1.28 bits per heavy atom. The van der Waals surface area contributed by atoms with E-state index < -0.39 is 5.82 Å². The fourth-order valence-corrected chi connectivity index (χ4v) is 2.56. The summed E-state index contributed by atoms with van der Waals surface area (Å²) in [7, 11) is 0. The predicted octanol–water partition coefficient (Wildman–Crippen LogP) is 5.44. The Kier molecular flexibility index (Phi) is 4.91. The van der Waals surface area contributed by atoms with Gasteiger partial charge in [-0.2, -0.15) is 0 Å². The van der Waals surface area contributed by atoms with Gasteiger partial charge in [-0.3, -0.25) is 4.79 Å². The summed E-state index contributed by atoms with van der Waals surface area (Å²) in [6.07, 6.45) is 3.27. The lowest BCUT2D eigenvalue weighted by molar-refractivity contribution is 0.101. The first kappa shape index (κ1) is 17.2. The van der Waals surface area contributed by atoms with Gasteiger partial charge in [-0.05, 0) is 50.3 Å². The molecule has 1 aliphatic heterocycles. The molecule has 0 spiro atoms. The Morgan fingerprint density at radius 2 is 2.08 bits per heavy atom. The van der Waals surface area contributed by atoms with Crippen LogP contribution in [0.25, 0.3) is 6.08 Å². The van der Waals surface area contributed by atoms with Crippen molar-refractivity contribution in [1.82, 2.24) is 0 Å². The third-order valence-corrected chi connectivity index (χ3v) is 3.99. The third kappa shape index (κ3) is 3.74. The van der Waals surface area contributed by atoms with Crippen LogP contribution in [0.15, 0.2) is 53.8 Å². The molecule has 0 unspecified atom stereocenters. The van der Waals surface area contributed by atoms with E-state index in [1.54, 1.807) is 24.3 Å². The van der Waals surface area contributed by atoms with Gasteiger partial charge in [0.15, 0.2) is 5.76 Å². The zero-order valence-corrected chi connectivity index (χ0v) is 14.6. The summed E-state index contributed by atoms with van der Waals surface area (Å²) in [5.74, 6) is 0.180. The topological polar surface area (TPSA) is 35.5 Å². The van der Waals surface area contributed by atoms with Crippen molar-refractivity contribution in [3.63, 3.8) is 0 Å². The molecule has 0 amide bonds. The number of hydrogen-bond acceptors (Lipinski definition) is 3. The average Bonchev–Trinajstić information content (AvgIpc) is 2.86. The lowest BCUT2D eigenvalue weighted by Gasteiger charge is -2.05. The van der Waals surface area contributed by atoms with Crippen LogP contribution >= 0.6 is 11.6 Å². The van der Waals surface area contributed by atoms with Crippen LogP contribution in [0.4, 0.5) is 4.39 Å². The summed E-state index contributed by atoms with van der Waals surface area (Å²) in [5, 5.41) is 0.214. The van der Waals surface area contributed by atoms with E-state index in [9.17, 15) is 9.18 Å². The van der Waals surface area contributed by atoms with Crippen molar-refractivity contribution in [2.75, 3.05) is 6.61 Å². The molecule has 0 saturated carbocycles. The number of ether oxygens (including phenoxy) is 2. The number of ketones is 1. The van der Waals surface area contributed by atoms with E-state index in [1.807, 2.05) is 19.9 Å². The van der Waals surface area contributed by atoms with Gasteiger partial charge in [0.2, 0.25) is 5.78 Å². The fraction of sp³-hybridized carbons (Fsp3) is 0.150. The second kappa shape index (κ2) is 7.11. The molecule has 3 rings (SSSR count). The van der Waals surface area contributed by atoms with Gasteiger partial charge in [0.05, 0.1) is 10.6 Å². The minimum absolute atomic E-state index is 0.0310. The Labute approximate surface area is 150 Å². The van der Waals surface area contributed by atoms with Crippen LogP contribution < -0.4 is 9.47 Å². The minimum atomic E-state index is -0.516. The van der Waals surface area contributed by atoms with Crippen molar-refractivity contribution in [2.24, 2.45) is 0 Å². The summed E-state index contributed by atoms with van der Waals surface area (Å²) >= 11 is 6.00. The van der Waals surface area contributed by atoms with Crippen LogP contribution in [0.5, 0.6) is 11.5 Å². The van der Waals surface area contributed by atoms with Crippen LogP contribution in [0.2, 0.25) is 5.02 Å². The van der Waals surface area contributed by atoms with Crippen molar-refractivity contribution >= 4 is 23.5 Å². The number of benzene rings is 2. The average molecular weight is 359 g/mol. The van der Waals surface area contributed by atoms with E-state index >= 15 is 0 Å². The van der Waals surface area contributed by atoms with Crippen LogP contribution in [-0.2, 0) is 0 Å². The first-order valence-electron chi connectivity index (χ1n) is 7.74. The largest absolute Gasteiger partial charge is 0.489 e. The number of carbonyl (C=O) groups is 1. The monoisotopic (exact) mass is 358 g/mol. The van der Waals surface area contributed by atoms with Crippen LogP contribution in [0.3, 0.4) is 0 Å². The van der Waals surface area contributed by atoms with Crippen molar-refractivity contribution in [2.45, 2.75) is 13.8 Å². The summed E-state index contributed by atoms with van der Waals surface area (Å²) in [5.41, 5.74) is 1.69. The molecule has 0 aliphatic carbocycles. The van der Waals surface area contributed by atoms with Gasteiger partial charge in [0.1, 0.15) is 23.9 Å². The predicted molar refractivity (Wildman–Crippen MR) is 95.7 cm³/mol. The highest BCUT2D eigenvalue weighted by molar-refractivity contribution is 6.32. The Hall–Kier alpha value is -2.59. The molecule has 2 aromatic rings. The van der Waals surface area contributed by atoms with Gasteiger partial charge >= 0.3 is 0 Å². The molecule has 1 heterocycles. The molecule has 0 N–H and O–H groups in total. The molecule has 3 nitrogen and oxygen atoms in total. The molecule has 25 heavy (non-hydrogen) atoms. The zero-order valence-electron chi connectivity index (χ0n) is 13.8. The molecule has 0 bridgehead atoms. The first-order chi connectivity index (χ1) is 12.0. The summed E-state index contributed by atoms with van der Waals surface area (Å²) in [6, 6.07) is 9.33. The maximum atomic E-state index is 13.9. The second-order valence-corrected chi connectivity index (χ2v) is 6.23. The summed E-state index contributed by atoms with van der Waals surface area (Å²) in [4.78, 5) is 12.4. The molecular weight excluding hydrogens is 343 g/mol. The Morgan fingerprint density at radius 3 is 2.80 bits per heavy atom. The SMILES string of the molecule is CC(C)=CCOc1ccc2c(c1)O/C(=C\c1c(F)cccc1Cl)C2=O. The number of hydrogen-bond donors (Lipinski definition) is 0. The molecule has 1 aliphatic rings. The number of carbonyl (C=O) groups excluding carboxylic acids is 1. The van der Waals surface area contributed by atoms with Gasteiger partial charge in [0.25, 0.3) is 0 Å². The standard InChI is InChI=1S/C20H16ClFO3/c1-12(2)8-9-24-13-6-7-14-18(10-13)25-19(20(14)23)11-15-16(21)4-3-5-17(15)22/h3-8,10-11H,9H2,1-2H3/b19-11-. The number of allylic oxidation sites excluding steroid dienone is 2. The fourth-order valence-electron chi connectivity index (χ4n) is 2.34. The Bertz CT molecular complexity index is 876. The van der Waals surface area contributed by atoms with Crippen molar-refractivity contribution in [1.29, 1.82) is 0 Å². The molecule has 0 aromatic heterocycles. The normalized spacial score (nSPS) is 14.2. The summed E-state index contributed by atoms with van der Waals surface area (Å²) in [6.45, 7) is 4.40. The molecule has 0 radical (unpaired) electrons. The zero-order chi connectivity index (χ0) is 18.0. The first-order valence-corrected chi connectivity index (χ1v) is 8.12. The lowest BCUT2D eigenvalue weighted by atomic mass is 10.1. The van der Waals surface area contributed by atoms with Gasteiger partial charge in [-0.25, -0.2) is 4.39 Å². The smallest absolute Gasteiger partial charge is 0.231 e. The molecular formula is C20H16ClFO3. The van der Waals surface area contributed by atoms with E-state index in [1.165, 1.54) is 18.2 Å². The van der Waals surface area contributed by atoms with Crippen molar-refractivity contribution < 1.29 is 18.7 Å². The third-order valence-electron chi connectivity index (χ3n) is 3.66. The van der Waals surface area contributed by atoms with Crippen LogP contribution in [-0.4, -0.2) is 12.4 Å². The number of rotatable bonds is 4. The van der Waals surface area contributed by atoms with Crippen molar-refractivity contribution in [3.05, 3.63) is 75.8 Å². The number of Topliss-reactive ketones (excluding diaryl/α,β-unsaturated/α-hetero) is 1. The molecule has 0 saturated heterocycles. The second-order valence-electron chi connectivity index (χ2n) is 5.83. The molecule has 128 valence electrons. The van der Waals surface area contributed by atoms with Gasteiger partial charge in [-0.15, -0.1) is 0 Å². The highest BCUT2D eigenvalue weighted by Gasteiger charge is 2.28. The van der Waals surface area contributed by atoms with E-state index in [0.29, 0.717) is 23.7 Å². The van der Waals surface area contributed by atoms with E-state index in [0.717, 1.165) is 5.57 Å². The molecule has 2 aromatic carbocycles. The number of fused-ring (bicyclic) bond motifs is 1. The van der Waals surface area contributed by atoms with Gasteiger partial charge in [0, 0.05) is 11.6 Å².